The number of rotatable bonds is 5. The molecule has 2 aromatic rings. The number of imide groups is 1. The summed E-state index contributed by atoms with van der Waals surface area (Å²) in [6.45, 7) is 0.0668. The highest BCUT2D eigenvalue weighted by Gasteiger charge is 2.28. The van der Waals surface area contributed by atoms with Crippen molar-refractivity contribution in [3.8, 4) is 11.4 Å². The normalized spacial score (nSPS) is 14.3. The van der Waals surface area contributed by atoms with Gasteiger partial charge in [0.1, 0.15) is 6.61 Å². The average Bonchev–Trinajstić information content (AvgIpc) is 3.15. The van der Waals surface area contributed by atoms with Crippen LogP contribution in [0.4, 0.5) is 0 Å². The monoisotopic (exact) mass is 329 g/mol. The van der Waals surface area contributed by atoms with E-state index in [1.54, 1.807) is 31.3 Å². The number of aromatic nitrogens is 4. The Hall–Kier alpha value is -3.10. The van der Waals surface area contributed by atoms with Gasteiger partial charge in [0.25, 0.3) is 0 Å². The van der Waals surface area contributed by atoms with Crippen molar-refractivity contribution in [2.45, 2.75) is 12.8 Å². The Morgan fingerprint density at radius 2 is 1.83 bits per heavy atom. The van der Waals surface area contributed by atoms with Crippen molar-refractivity contribution in [2.75, 3.05) is 13.2 Å². The maximum absolute atomic E-state index is 12.0. The van der Waals surface area contributed by atoms with Gasteiger partial charge in [0, 0.05) is 25.5 Å². The summed E-state index contributed by atoms with van der Waals surface area (Å²) >= 11 is 0. The van der Waals surface area contributed by atoms with E-state index in [-0.39, 0.29) is 37.8 Å². The van der Waals surface area contributed by atoms with Gasteiger partial charge in [0.05, 0.1) is 12.1 Å². The van der Waals surface area contributed by atoms with Crippen molar-refractivity contribution >= 4 is 17.8 Å². The van der Waals surface area contributed by atoms with E-state index in [0.717, 1.165) is 10.5 Å². The second kappa shape index (κ2) is 6.57. The third-order valence-electron chi connectivity index (χ3n) is 3.70. The van der Waals surface area contributed by atoms with Gasteiger partial charge in [-0.3, -0.25) is 14.5 Å². The fraction of sp³-hybridized carbons (Fsp3) is 0.333. The average molecular weight is 329 g/mol. The second-order valence-corrected chi connectivity index (χ2v) is 5.28. The molecule has 0 bridgehead atoms. The molecule has 0 atom stereocenters. The summed E-state index contributed by atoms with van der Waals surface area (Å²) in [6.07, 6.45) is 0.455. The van der Waals surface area contributed by atoms with Gasteiger partial charge >= 0.3 is 5.97 Å². The molecule has 1 aromatic heterocycles. The fourth-order valence-corrected chi connectivity index (χ4v) is 2.41. The van der Waals surface area contributed by atoms with Gasteiger partial charge < -0.3 is 4.74 Å². The smallest absolute Gasteiger partial charge is 0.338 e. The zero-order valence-electron chi connectivity index (χ0n) is 13.0. The number of carbonyl (C=O) groups is 3. The zero-order valence-corrected chi connectivity index (χ0v) is 13.0. The maximum Gasteiger partial charge on any atom is 0.338 e. The Labute approximate surface area is 137 Å². The summed E-state index contributed by atoms with van der Waals surface area (Å²) in [5.41, 5.74) is 1.14. The van der Waals surface area contributed by atoms with E-state index >= 15 is 0 Å². The molecule has 124 valence electrons. The van der Waals surface area contributed by atoms with Crippen LogP contribution in [-0.4, -0.2) is 56.0 Å². The molecule has 0 spiro atoms. The molecule has 1 saturated heterocycles. The number of amides is 2. The van der Waals surface area contributed by atoms with Gasteiger partial charge in [0.15, 0.2) is 5.82 Å². The Bertz CT molecular complexity index is 767. The van der Waals surface area contributed by atoms with Gasteiger partial charge in [-0.05, 0) is 22.6 Å². The lowest BCUT2D eigenvalue weighted by Gasteiger charge is -2.13. The van der Waals surface area contributed by atoms with Crippen LogP contribution in [0.3, 0.4) is 0 Å². The van der Waals surface area contributed by atoms with Gasteiger partial charge in [0.2, 0.25) is 11.8 Å². The Morgan fingerprint density at radius 3 is 2.42 bits per heavy atom. The number of likely N-dealkylation sites (tertiary alicyclic amines) is 1. The number of hydrogen-bond acceptors (Lipinski definition) is 7. The zero-order chi connectivity index (χ0) is 17.1. The topological polar surface area (TPSA) is 107 Å². The van der Waals surface area contributed by atoms with Gasteiger partial charge in [-0.2, -0.15) is 0 Å². The number of tetrazole rings is 1. The third-order valence-corrected chi connectivity index (χ3v) is 3.70. The van der Waals surface area contributed by atoms with Gasteiger partial charge in [-0.25, -0.2) is 9.48 Å². The quantitative estimate of drug-likeness (QED) is 0.569. The molecule has 0 saturated carbocycles. The lowest BCUT2D eigenvalue weighted by Crippen LogP contribution is -2.32. The van der Waals surface area contributed by atoms with Crippen molar-refractivity contribution < 1.29 is 19.1 Å². The highest BCUT2D eigenvalue weighted by Crippen LogP contribution is 2.16. The predicted molar refractivity (Wildman–Crippen MR) is 80.5 cm³/mol. The maximum atomic E-state index is 12.0. The molecule has 0 radical (unpaired) electrons. The fourth-order valence-electron chi connectivity index (χ4n) is 2.41. The van der Waals surface area contributed by atoms with Crippen LogP contribution in [0.1, 0.15) is 23.2 Å². The third kappa shape index (κ3) is 3.14. The van der Waals surface area contributed by atoms with Crippen LogP contribution in [-0.2, 0) is 21.4 Å². The number of carbonyl (C=O) groups excluding carboxylic acids is 3. The van der Waals surface area contributed by atoms with E-state index in [2.05, 4.69) is 15.5 Å². The minimum atomic E-state index is -0.517. The first-order chi connectivity index (χ1) is 11.6. The van der Waals surface area contributed by atoms with Crippen LogP contribution in [0.2, 0.25) is 0 Å². The summed E-state index contributed by atoms with van der Waals surface area (Å²) in [7, 11) is 1.72. The van der Waals surface area contributed by atoms with Crippen LogP contribution < -0.4 is 0 Å². The first kappa shape index (κ1) is 15.8. The molecule has 0 unspecified atom stereocenters. The Morgan fingerprint density at radius 1 is 1.17 bits per heavy atom. The summed E-state index contributed by atoms with van der Waals surface area (Å²) < 4.78 is 6.64. The minimum absolute atomic E-state index is 0.0225. The van der Waals surface area contributed by atoms with E-state index in [0.29, 0.717) is 11.4 Å². The predicted octanol–water partition coefficient (Wildman–Crippen LogP) is 0.183. The lowest BCUT2D eigenvalue weighted by molar-refractivity contribution is -0.138. The number of hydrogen-bond donors (Lipinski definition) is 0. The van der Waals surface area contributed by atoms with Gasteiger partial charge in [-0.15, -0.1) is 5.10 Å². The standard InChI is InChI=1S/C15H15N5O4/c1-19-14(16-17-18-19)10-2-4-11(5-3-10)15(23)24-9-8-20-12(21)6-7-13(20)22/h2-5H,6-9H2,1H3. The molecule has 1 aliphatic rings. The van der Waals surface area contributed by atoms with E-state index in [4.69, 9.17) is 4.74 Å². The van der Waals surface area contributed by atoms with Crippen molar-refractivity contribution in [2.24, 2.45) is 7.05 Å². The molecular formula is C15H15N5O4. The van der Waals surface area contributed by atoms with Crippen LogP contribution in [0.15, 0.2) is 24.3 Å². The molecule has 2 heterocycles. The number of aryl methyl sites for hydroxylation is 1. The Balaban J connectivity index is 1.56. The molecule has 1 aromatic carbocycles. The summed E-state index contributed by atoms with van der Waals surface area (Å²) in [4.78, 5) is 36.0. The number of nitrogens with zero attached hydrogens (tertiary/aromatic N) is 5. The van der Waals surface area contributed by atoms with Crippen LogP contribution >= 0.6 is 0 Å². The molecule has 0 aliphatic carbocycles. The summed E-state index contributed by atoms with van der Waals surface area (Å²) in [5.74, 6) is -0.381. The van der Waals surface area contributed by atoms with Crippen LogP contribution in [0, 0.1) is 0 Å². The highest BCUT2D eigenvalue weighted by atomic mass is 16.5. The second-order valence-electron chi connectivity index (χ2n) is 5.28. The largest absolute Gasteiger partial charge is 0.460 e. The van der Waals surface area contributed by atoms with E-state index in [1.165, 1.54) is 4.68 Å². The highest BCUT2D eigenvalue weighted by molar-refractivity contribution is 6.01. The molecule has 9 heteroatoms. The van der Waals surface area contributed by atoms with E-state index in [1.807, 2.05) is 0 Å². The van der Waals surface area contributed by atoms with Crippen LogP contribution in [0.25, 0.3) is 11.4 Å². The van der Waals surface area contributed by atoms with Crippen LogP contribution in [0.5, 0.6) is 0 Å². The van der Waals surface area contributed by atoms with E-state index in [9.17, 15) is 14.4 Å². The Kier molecular flexibility index (Phi) is 4.32. The summed E-state index contributed by atoms with van der Waals surface area (Å²) in [5, 5.41) is 11.2. The number of ether oxygens (including phenoxy) is 1. The number of esters is 1. The molecule has 9 nitrogen and oxygen atoms in total. The van der Waals surface area contributed by atoms with E-state index < -0.39 is 5.97 Å². The molecule has 1 aliphatic heterocycles. The molecule has 3 rings (SSSR count). The van der Waals surface area contributed by atoms with Crippen molar-refractivity contribution in [1.82, 2.24) is 25.1 Å². The lowest BCUT2D eigenvalue weighted by atomic mass is 10.1. The number of benzene rings is 1. The van der Waals surface area contributed by atoms with Crippen molar-refractivity contribution in [3.63, 3.8) is 0 Å². The first-order valence-corrected chi connectivity index (χ1v) is 7.39. The SMILES string of the molecule is Cn1nnnc1-c1ccc(C(=O)OCCN2C(=O)CCC2=O)cc1. The molecule has 2 amide bonds. The molecule has 1 fully saturated rings. The molecular weight excluding hydrogens is 314 g/mol. The van der Waals surface area contributed by atoms with Gasteiger partial charge in [-0.1, -0.05) is 12.1 Å². The van der Waals surface area contributed by atoms with Crippen molar-refractivity contribution in [3.05, 3.63) is 29.8 Å². The molecule has 0 N–H and O–H groups in total. The molecule has 24 heavy (non-hydrogen) atoms. The van der Waals surface area contributed by atoms with Crippen molar-refractivity contribution in [1.29, 1.82) is 0 Å². The first-order valence-electron chi connectivity index (χ1n) is 7.39. The summed E-state index contributed by atoms with van der Waals surface area (Å²) in [6, 6.07) is 6.66. The minimum Gasteiger partial charge on any atom is -0.460 e.